The van der Waals surface area contributed by atoms with Crippen LogP contribution >= 0.6 is 0 Å². The zero-order chi connectivity index (χ0) is 16.7. The fourth-order valence-corrected chi connectivity index (χ4v) is 2.63. The number of hydrogen-bond donors (Lipinski definition) is 0. The van der Waals surface area contributed by atoms with Crippen molar-refractivity contribution in [2.24, 2.45) is 0 Å². The molecule has 8 heteroatoms. The average Bonchev–Trinajstić information content (AvgIpc) is 3.12. The summed E-state index contributed by atoms with van der Waals surface area (Å²) in [4.78, 5) is 8.39. The van der Waals surface area contributed by atoms with Gasteiger partial charge < -0.3 is 4.57 Å². The molecule has 120 valence electrons. The Morgan fingerprint density at radius 2 is 2.08 bits per heavy atom. The summed E-state index contributed by atoms with van der Waals surface area (Å²) in [7, 11) is 0. The van der Waals surface area contributed by atoms with Crippen LogP contribution in [0.15, 0.2) is 41.3 Å². The van der Waals surface area contributed by atoms with Crippen LogP contribution in [0.3, 0.4) is 0 Å². The summed E-state index contributed by atoms with van der Waals surface area (Å²) in [5.74, 6) is -1.02. The highest BCUT2D eigenvalue weighted by molar-refractivity contribution is 5.81. The Labute approximate surface area is 134 Å². The molecule has 24 heavy (non-hydrogen) atoms. The number of imidazole rings is 1. The van der Waals surface area contributed by atoms with Gasteiger partial charge in [-0.05, 0) is 23.7 Å². The van der Waals surface area contributed by atoms with Crippen LogP contribution in [0, 0.1) is 18.6 Å². The van der Waals surface area contributed by atoms with Gasteiger partial charge in [-0.1, -0.05) is 11.2 Å². The second kappa shape index (κ2) is 5.48. The predicted octanol–water partition coefficient (Wildman–Crippen LogP) is 3.12. The lowest BCUT2D eigenvalue weighted by Crippen LogP contribution is -2.04. The molecule has 0 aliphatic rings. The topological polar surface area (TPSA) is 69.6 Å². The van der Waals surface area contributed by atoms with Crippen molar-refractivity contribution < 1.29 is 13.4 Å². The molecule has 0 N–H and O–H groups in total. The first-order valence-corrected chi connectivity index (χ1v) is 7.17. The van der Waals surface area contributed by atoms with Gasteiger partial charge in [-0.15, -0.1) is 0 Å². The van der Waals surface area contributed by atoms with Gasteiger partial charge in [0.05, 0.1) is 12.1 Å². The minimum absolute atomic E-state index is 0.192. The van der Waals surface area contributed by atoms with E-state index >= 15 is 0 Å². The molecule has 0 spiro atoms. The van der Waals surface area contributed by atoms with E-state index in [9.17, 15) is 8.78 Å². The predicted molar refractivity (Wildman–Crippen MR) is 81.0 cm³/mol. The second-order valence-corrected chi connectivity index (χ2v) is 5.34. The second-order valence-electron chi connectivity index (χ2n) is 5.34. The lowest BCUT2D eigenvalue weighted by Gasteiger charge is -2.08. The Balaban J connectivity index is 1.99. The van der Waals surface area contributed by atoms with Crippen LogP contribution in [0.5, 0.6) is 0 Å². The SMILES string of the molecule is Cc1nonc1-c1nc2cc(F)cc(F)c2n1Cc1cccnc1. The van der Waals surface area contributed by atoms with Gasteiger partial charge in [-0.2, -0.15) is 0 Å². The summed E-state index contributed by atoms with van der Waals surface area (Å²) in [6.07, 6.45) is 3.32. The number of pyridine rings is 1. The molecule has 4 rings (SSSR count). The Morgan fingerprint density at radius 3 is 2.79 bits per heavy atom. The molecule has 0 saturated carbocycles. The molecule has 0 atom stereocenters. The smallest absolute Gasteiger partial charge is 0.173 e. The van der Waals surface area contributed by atoms with Crippen molar-refractivity contribution >= 4 is 11.0 Å². The molecule has 0 fully saturated rings. The monoisotopic (exact) mass is 327 g/mol. The molecule has 0 saturated heterocycles. The van der Waals surface area contributed by atoms with Crippen LogP contribution in [-0.4, -0.2) is 24.8 Å². The number of benzene rings is 1. The molecule has 4 aromatic rings. The van der Waals surface area contributed by atoms with Crippen molar-refractivity contribution in [2.75, 3.05) is 0 Å². The molecule has 0 radical (unpaired) electrons. The van der Waals surface area contributed by atoms with Gasteiger partial charge >= 0.3 is 0 Å². The van der Waals surface area contributed by atoms with Gasteiger partial charge in [-0.25, -0.2) is 18.4 Å². The highest BCUT2D eigenvalue weighted by Gasteiger charge is 2.21. The van der Waals surface area contributed by atoms with Crippen molar-refractivity contribution in [1.29, 1.82) is 0 Å². The summed E-state index contributed by atoms with van der Waals surface area (Å²) in [6, 6.07) is 5.66. The average molecular weight is 327 g/mol. The minimum atomic E-state index is -0.693. The third-order valence-corrected chi connectivity index (χ3v) is 3.69. The summed E-state index contributed by atoms with van der Waals surface area (Å²) in [5, 5.41) is 7.57. The van der Waals surface area contributed by atoms with Crippen LogP contribution in [0.1, 0.15) is 11.3 Å². The van der Waals surface area contributed by atoms with Crippen LogP contribution in [0.4, 0.5) is 8.78 Å². The number of hydrogen-bond acceptors (Lipinski definition) is 5. The largest absolute Gasteiger partial charge is 0.316 e. The van der Waals surface area contributed by atoms with E-state index in [0.717, 1.165) is 11.6 Å². The number of aromatic nitrogens is 5. The molecule has 3 aromatic heterocycles. The number of fused-ring (bicyclic) bond motifs is 1. The molecule has 0 aliphatic carbocycles. The van der Waals surface area contributed by atoms with Crippen molar-refractivity contribution in [3.8, 4) is 11.5 Å². The maximum Gasteiger partial charge on any atom is 0.173 e. The third-order valence-electron chi connectivity index (χ3n) is 3.69. The van der Waals surface area contributed by atoms with Crippen molar-refractivity contribution in [2.45, 2.75) is 13.5 Å². The van der Waals surface area contributed by atoms with Gasteiger partial charge in [0.2, 0.25) is 0 Å². The summed E-state index contributed by atoms with van der Waals surface area (Å²) in [5.41, 5.74) is 2.14. The summed E-state index contributed by atoms with van der Waals surface area (Å²) in [6.45, 7) is 2.01. The first-order valence-electron chi connectivity index (χ1n) is 7.17. The Kier molecular flexibility index (Phi) is 3.30. The van der Waals surface area contributed by atoms with Crippen LogP contribution in [-0.2, 0) is 6.54 Å². The first kappa shape index (κ1) is 14.4. The van der Waals surface area contributed by atoms with Gasteiger partial charge in [0, 0.05) is 24.5 Å². The van der Waals surface area contributed by atoms with Gasteiger partial charge in [0.1, 0.15) is 17.0 Å². The summed E-state index contributed by atoms with van der Waals surface area (Å²) >= 11 is 0. The molecule has 0 bridgehead atoms. The quantitative estimate of drug-likeness (QED) is 0.578. The van der Waals surface area contributed by atoms with E-state index in [1.54, 1.807) is 30.0 Å². The fourth-order valence-electron chi connectivity index (χ4n) is 2.63. The fraction of sp³-hybridized carbons (Fsp3) is 0.125. The number of halogens is 2. The van der Waals surface area contributed by atoms with Crippen molar-refractivity contribution in [1.82, 2.24) is 24.8 Å². The van der Waals surface area contributed by atoms with Gasteiger partial charge in [0.15, 0.2) is 17.3 Å². The molecular weight excluding hydrogens is 316 g/mol. The van der Waals surface area contributed by atoms with Crippen molar-refractivity contribution in [3.63, 3.8) is 0 Å². The van der Waals surface area contributed by atoms with E-state index in [1.165, 1.54) is 6.07 Å². The molecule has 0 aliphatic heterocycles. The van der Waals surface area contributed by atoms with E-state index in [1.807, 2.05) is 6.07 Å². The molecule has 0 amide bonds. The molecular formula is C16H11F2N5O. The van der Waals surface area contributed by atoms with Crippen molar-refractivity contribution in [3.05, 3.63) is 59.6 Å². The molecule has 6 nitrogen and oxygen atoms in total. The minimum Gasteiger partial charge on any atom is -0.316 e. The van der Waals surface area contributed by atoms with Crippen LogP contribution in [0.25, 0.3) is 22.6 Å². The third kappa shape index (κ3) is 2.32. The lowest BCUT2D eigenvalue weighted by molar-refractivity contribution is 0.305. The van der Waals surface area contributed by atoms with Gasteiger partial charge in [-0.3, -0.25) is 4.98 Å². The number of nitrogens with zero attached hydrogens (tertiary/aromatic N) is 5. The van der Waals surface area contributed by atoms with E-state index in [0.29, 0.717) is 23.8 Å². The molecule has 1 aromatic carbocycles. The standard InChI is InChI=1S/C16H11F2N5O/c1-9-14(22-24-21-9)16-20-13-6-11(17)5-12(18)15(13)23(16)8-10-3-2-4-19-7-10/h2-7H,8H2,1H3. The molecule has 0 unspecified atom stereocenters. The zero-order valence-corrected chi connectivity index (χ0v) is 12.6. The Bertz CT molecular complexity index is 1030. The van der Waals surface area contributed by atoms with Crippen LogP contribution in [0.2, 0.25) is 0 Å². The Hall–Kier alpha value is -3.16. The molecule has 3 heterocycles. The highest BCUT2D eigenvalue weighted by Crippen LogP contribution is 2.28. The van der Waals surface area contributed by atoms with E-state index in [2.05, 4.69) is 20.3 Å². The van der Waals surface area contributed by atoms with E-state index in [-0.39, 0.29) is 11.0 Å². The maximum absolute atomic E-state index is 14.4. The number of rotatable bonds is 3. The van der Waals surface area contributed by atoms with E-state index < -0.39 is 11.6 Å². The lowest BCUT2D eigenvalue weighted by atomic mass is 10.2. The zero-order valence-electron chi connectivity index (χ0n) is 12.6. The first-order chi connectivity index (χ1) is 11.6. The highest BCUT2D eigenvalue weighted by atomic mass is 19.1. The maximum atomic E-state index is 14.4. The van der Waals surface area contributed by atoms with E-state index in [4.69, 9.17) is 4.63 Å². The van der Waals surface area contributed by atoms with Crippen LogP contribution < -0.4 is 0 Å². The summed E-state index contributed by atoms with van der Waals surface area (Å²) < 4.78 is 34.3. The normalized spacial score (nSPS) is 11.3. The van der Waals surface area contributed by atoms with Gasteiger partial charge in [0.25, 0.3) is 0 Å². The number of aryl methyl sites for hydroxylation is 1. The Morgan fingerprint density at radius 1 is 1.21 bits per heavy atom.